The van der Waals surface area contributed by atoms with Gasteiger partial charge in [0, 0.05) is 33.4 Å². The summed E-state index contributed by atoms with van der Waals surface area (Å²) >= 11 is 0. The Morgan fingerprint density at radius 1 is 0.293 bits per heavy atom. The zero-order valence-electron chi connectivity index (χ0n) is 31.4. The van der Waals surface area contributed by atoms with Gasteiger partial charge in [0.1, 0.15) is 11.2 Å². The molecule has 0 aliphatic carbocycles. The van der Waals surface area contributed by atoms with Gasteiger partial charge in [0.15, 0.2) is 0 Å². The maximum atomic E-state index is 6.47. The first kappa shape index (κ1) is 31.5. The number of furan rings is 1. The van der Waals surface area contributed by atoms with Crippen LogP contribution in [0, 0.1) is 0 Å². The Morgan fingerprint density at radius 3 is 1.52 bits per heavy atom. The van der Waals surface area contributed by atoms with Gasteiger partial charge in [-0.15, -0.1) is 0 Å². The van der Waals surface area contributed by atoms with E-state index < -0.39 is 0 Å². The number of hydrogen-bond donors (Lipinski definition) is 0. The molecule has 0 saturated heterocycles. The molecule has 0 aliphatic heterocycles. The lowest BCUT2D eigenvalue weighted by molar-refractivity contribution is 0.670. The lowest BCUT2D eigenvalue weighted by Crippen LogP contribution is -2.10. The minimum atomic E-state index is 0.908. The molecule has 0 spiro atoms. The molecule has 0 aliphatic rings. The smallest absolute Gasteiger partial charge is 0.143 e. The molecule has 0 radical (unpaired) electrons. The van der Waals surface area contributed by atoms with E-state index in [2.05, 4.69) is 193 Å². The van der Waals surface area contributed by atoms with Crippen LogP contribution in [-0.2, 0) is 0 Å². The Labute approximate surface area is 333 Å². The van der Waals surface area contributed by atoms with Crippen LogP contribution in [0.15, 0.2) is 205 Å². The molecule has 0 saturated carbocycles. The van der Waals surface area contributed by atoms with Gasteiger partial charge in [-0.2, -0.15) is 0 Å². The van der Waals surface area contributed by atoms with Crippen molar-refractivity contribution >= 4 is 114 Å². The van der Waals surface area contributed by atoms with E-state index in [1.165, 1.54) is 75.4 Å². The number of fused-ring (bicyclic) bond motifs is 6. The third kappa shape index (κ3) is 4.48. The quantitative estimate of drug-likeness (QED) is 0.167. The number of hydrogen-bond acceptors (Lipinski definition) is 2. The van der Waals surface area contributed by atoms with Gasteiger partial charge in [-0.05, 0) is 123 Å². The predicted octanol–water partition coefficient (Wildman–Crippen LogP) is 16.2. The van der Waals surface area contributed by atoms with Gasteiger partial charge in [0.05, 0.1) is 0 Å². The molecule has 13 aromatic rings. The SMILES string of the molecule is c1ccc2cc(N(c3ccc(-c4cccc5c4oc4ccccc45)cc3)c3cc4ccc5cccc6c7cccc8ccc9cccc(c(c3)c4c56)c9c87)ccc2c1. The van der Waals surface area contributed by atoms with E-state index in [4.69, 9.17) is 4.42 Å². The average Bonchev–Trinajstić information content (AvgIpc) is 3.67. The van der Waals surface area contributed by atoms with E-state index in [1.54, 1.807) is 0 Å². The summed E-state index contributed by atoms with van der Waals surface area (Å²) in [6, 6.07) is 73.6. The third-order valence-corrected chi connectivity index (χ3v) is 12.5. The minimum Gasteiger partial charge on any atom is -0.455 e. The molecule has 2 nitrogen and oxygen atoms in total. The minimum absolute atomic E-state index is 0.908. The van der Waals surface area contributed by atoms with Gasteiger partial charge >= 0.3 is 0 Å². The molecule has 0 amide bonds. The number of para-hydroxylation sites is 2. The molecule has 58 heavy (non-hydrogen) atoms. The molecule has 12 aromatic carbocycles. The Bertz CT molecular complexity index is 3790. The second kappa shape index (κ2) is 11.9. The van der Waals surface area contributed by atoms with Crippen LogP contribution in [0.4, 0.5) is 17.1 Å². The predicted molar refractivity (Wildman–Crippen MR) is 248 cm³/mol. The van der Waals surface area contributed by atoms with Crippen LogP contribution in [-0.4, -0.2) is 0 Å². The molecular formula is C56H33NO. The van der Waals surface area contributed by atoms with Crippen LogP contribution in [0.25, 0.3) is 108 Å². The van der Waals surface area contributed by atoms with Crippen molar-refractivity contribution in [3.05, 3.63) is 200 Å². The standard InChI is InChI=1S/C56H33NO/c1-2-10-39-31-42(30-25-34(39)9-1)57(41-28-26-35(27-29-41)44-15-8-19-49-45-14-3-4-20-51(45)58-56(44)49)43-32-40-24-23-38-12-6-17-47-46-16-5-11-36-21-22-37-13-7-18-48(54(37)52(36)46)50(33-43)55(40)53(38)47/h1-33H. The first-order valence-electron chi connectivity index (χ1n) is 20.0. The highest BCUT2D eigenvalue weighted by Gasteiger charge is 2.20. The van der Waals surface area contributed by atoms with Crippen LogP contribution in [0.3, 0.4) is 0 Å². The number of benzene rings is 11. The molecule has 1 aromatic heterocycles. The average molecular weight is 736 g/mol. The first-order chi connectivity index (χ1) is 28.7. The van der Waals surface area contributed by atoms with Crippen LogP contribution >= 0.6 is 0 Å². The first-order valence-corrected chi connectivity index (χ1v) is 20.0. The summed E-state index contributed by atoms with van der Waals surface area (Å²) < 4.78 is 6.47. The van der Waals surface area contributed by atoms with Crippen molar-refractivity contribution in [3.63, 3.8) is 0 Å². The molecule has 1 heterocycles. The summed E-state index contributed by atoms with van der Waals surface area (Å²) in [7, 11) is 0. The second-order valence-electron chi connectivity index (χ2n) is 15.6. The third-order valence-electron chi connectivity index (χ3n) is 12.5. The lowest BCUT2D eigenvalue weighted by atomic mass is 9.87. The van der Waals surface area contributed by atoms with Crippen molar-refractivity contribution in [1.82, 2.24) is 0 Å². The summed E-state index contributed by atoms with van der Waals surface area (Å²) in [5, 5.41) is 20.0. The molecule has 0 fully saturated rings. The second-order valence-corrected chi connectivity index (χ2v) is 15.6. The van der Waals surface area contributed by atoms with Crippen molar-refractivity contribution in [2.24, 2.45) is 0 Å². The maximum Gasteiger partial charge on any atom is 0.143 e. The summed E-state index contributed by atoms with van der Waals surface area (Å²) in [5.74, 6) is 0. The summed E-state index contributed by atoms with van der Waals surface area (Å²) in [6.07, 6.45) is 0. The van der Waals surface area contributed by atoms with Crippen LogP contribution < -0.4 is 4.90 Å². The summed E-state index contributed by atoms with van der Waals surface area (Å²) in [4.78, 5) is 2.43. The molecule has 0 atom stereocenters. The summed E-state index contributed by atoms with van der Waals surface area (Å²) in [6.45, 7) is 0. The van der Waals surface area contributed by atoms with E-state index in [0.29, 0.717) is 0 Å². The fourth-order valence-electron chi connectivity index (χ4n) is 9.92. The Kier molecular flexibility index (Phi) is 6.47. The van der Waals surface area contributed by atoms with Gasteiger partial charge in [-0.3, -0.25) is 0 Å². The highest BCUT2D eigenvalue weighted by molar-refractivity contribution is 6.37. The lowest BCUT2D eigenvalue weighted by Gasteiger charge is -2.27. The molecule has 268 valence electrons. The fraction of sp³-hybridized carbons (Fsp3) is 0. The molecule has 2 heteroatoms. The zero-order chi connectivity index (χ0) is 37.9. The van der Waals surface area contributed by atoms with Crippen molar-refractivity contribution < 1.29 is 4.42 Å². The van der Waals surface area contributed by atoms with Gasteiger partial charge < -0.3 is 9.32 Å². The Morgan fingerprint density at radius 2 is 0.793 bits per heavy atom. The van der Waals surface area contributed by atoms with Gasteiger partial charge in [0.2, 0.25) is 0 Å². The largest absolute Gasteiger partial charge is 0.455 e. The fourth-order valence-corrected chi connectivity index (χ4v) is 9.92. The molecular weight excluding hydrogens is 703 g/mol. The normalized spacial score (nSPS) is 12.1. The number of rotatable bonds is 4. The molecule has 0 unspecified atom stereocenters. The van der Waals surface area contributed by atoms with Crippen LogP contribution in [0.2, 0.25) is 0 Å². The van der Waals surface area contributed by atoms with Crippen LogP contribution in [0.5, 0.6) is 0 Å². The van der Waals surface area contributed by atoms with E-state index in [1.807, 2.05) is 12.1 Å². The van der Waals surface area contributed by atoms with Crippen molar-refractivity contribution in [2.75, 3.05) is 4.90 Å². The van der Waals surface area contributed by atoms with Crippen molar-refractivity contribution in [3.8, 4) is 11.1 Å². The van der Waals surface area contributed by atoms with Crippen LogP contribution in [0.1, 0.15) is 0 Å². The van der Waals surface area contributed by atoms with Gasteiger partial charge in [0.25, 0.3) is 0 Å². The number of nitrogens with zero attached hydrogens (tertiary/aromatic N) is 1. The zero-order valence-corrected chi connectivity index (χ0v) is 31.4. The van der Waals surface area contributed by atoms with Crippen molar-refractivity contribution in [1.29, 1.82) is 0 Å². The number of anilines is 3. The Hall–Kier alpha value is -7.68. The van der Waals surface area contributed by atoms with E-state index in [9.17, 15) is 0 Å². The van der Waals surface area contributed by atoms with E-state index in [0.717, 1.165) is 50.1 Å². The molecule has 0 bridgehead atoms. The summed E-state index contributed by atoms with van der Waals surface area (Å²) in [5.41, 5.74) is 7.33. The molecule has 13 rings (SSSR count). The van der Waals surface area contributed by atoms with E-state index >= 15 is 0 Å². The topological polar surface area (TPSA) is 16.4 Å². The highest BCUT2D eigenvalue weighted by atomic mass is 16.3. The highest BCUT2D eigenvalue weighted by Crippen LogP contribution is 2.47. The van der Waals surface area contributed by atoms with Crippen molar-refractivity contribution in [2.45, 2.75) is 0 Å². The van der Waals surface area contributed by atoms with Gasteiger partial charge in [-0.25, -0.2) is 0 Å². The maximum absolute atomic E-state index is 6.47. The molecule has 0 N–H and O–H groups in total. The van der Waals surface area contributed by atoms with Gasteiger partial charge in [-0.1, -0.05) is 158 Å². The van der Waals surface area contributed by atoms with E-state index in [-0.39, 0.29) is 0 Å². The monoisotopic (exact) mass is 735 g/mol. The Balaban J connectivity index is 1.10.